The molecule has 0 aliphatic carbocycles. The highest BCUT2D eigenvalue weighted by Crippen LogP contribution is 2.29. The summed E-state index contributed by atoms with van der Waals surface area (Å²) in [5.74, 6) is -0.127. The third-order valence-electron chi connectivity index (χ3n) is 1.71. The van der Waals surface area contributed by atoms with Crippen LogP contribution < -0.4 is 11.1 Å². The van der Waals surface area contributed by atoms with Crippen molar-refractivity contribution in [3.05, 3.63) is 35.4 Å². The lowest BCUT2D eigenvalue weighted by atomic mass is 10.2. The fourth-order valence-corrected chi connectivity index (χ4v) is 1.89. The van der Waals surface area contributed by atoms with Gasteiger partial charge in [0.25, 0.3) is 0 Å². The summed E-state index contributed by atoms with van der Waals surface area (Å²) in [7, 11) is 0. The summed E-state index contributed by atoms with van der Waals surface area (Å²) < 4.78 is 0. The first-order valence-corrected chi connectivity index (χ1v) is 5.31. The summed E-state index contributed by atoms with van der Waals surface area (Å²) in [5, 5.41) is 3.19. The number of nitrogens with two attached hydrogens (primary N) is 1. The normalized spacial score (nSPS) is 9.73. The van der Waals surface area contributed by atoms with Crippen molar-refractivity contribution in [2.24, 2.45) is 0 Å². The maximum absolute atomic E-state index is 10.8. The van der Waals surface area contributed by atoms with Gasteiger partial charge >= 0.3 is 0 Å². The summed E-state index contributed by atoms with van der Waals surface area (Å²) in [6, 6.07) is 5.78. The van der Waals surface area contributed by atoms with Crippen LogP contribution in [0.5, 0.6) is 0 Å². The molecular weight excluding hydrogens is 208 g/mol. The fourth-order valence-electron chi connectivity index (χ4n) is 1.12. The summed E-state index contributed by atoms with van der Waals surface area (Å²) in [4.78, 5) is 11.7. The molecule has 15 heavy (non-hydrogen) atoms. The van der Waals surface area contributed by atoms with Crippen LogP contribution in [-0.2, 0) is 4.79 Å². The van der Waals surface area contributed by atoms with Crippen molar-refractivity contribution >= 4 is 23.4 Å². The Morgan fingerprint density at radius 3 is 2.73 bits per heavy atom. The summed E-state index contributed by atoms with van der Waals surface area (Å²) in [6.45, 7) is 7.16. The standard InChI is InChI=1S/C11H14N2OS/c1-7-4-5-11(10(12)6-7)15-9(3)13-8(2)14/h4-6H,3,12H2,1-2H3,(H,13,14). The molecule has 0 bridgehead atoms. The van der Waals surface area contributed by atoms with Gasteiger partial charge in [-0.1, -0.05) is 24.4 Å². The summed E-state index contributed by atoms with van der Waals surface area (Å²) in [6.07, 6.45) is 0. The molecule has 1 rings (SSSR count). The van der Waals surface area contributed by atoms with Crippen LogP contribution in [0, 0.1) is 6.92 Å². The molecule has 0 spiro atoms. The van der Waals surface area contributed by atoms with E-state index in [2.05, 4.69) is 11.9 Å². The molecule has 0 aromatic heterocycles. The highest BCUT2D eigenvalue weighted by Gasteiger charge is 2.03. The van der Waals surface area contributed by atoms with Crippen molar-refractivity contribution in [1.82, 2.24) is 5.32 Å². The molecule has 0 heterocycles. The second-order valence-corrected chi connectivity index (χ2v) is 4.38. The van der Waals surface area contributed by atoms with Crippen LogP contribution in [0.4, 0.5) is 5.69 Å². The molecule has 0 saturated carbocycles. The lowest BCUT2D eigenvalue weighted by molar-refractivity contribution is -0.118. The number of anilines is 1. The topological polar surface area (TPSA) is 55.1 Å². The van der Waals surface area contributed by atoms with Crippen LogP contribution in [0.25, 0.3) is 0 Å². The number of thioether (sulfide) groups is 1. The first kappa shape index (κ1) is 11.7. The van der Waals surface area contributed by atoms with Gasteiger partial charge in [0.15, 0.2) is 0 Å². The molecule has 0 fully saturated rings. The first-order valence-electron chi connectivity index (χ1n) is 4.49. The Morgan fingerprint density at radius 2 is 2.20 bits per heavy atom. The highest BCUT2D eigenvalue weighted by molar-refractivity contribution is 8.03. The molecule has 3 N–H and O–H groups in total. The van der Waals surface area contributed by atoms with E-state index in [1.165, 1.54) is 18.7 Å². The van der Waals surface area contributed by atoms with Crippen molar-refractivity contribution in [3.63, 3.8) is 0 Å². The number of carbonyl (C=O) groups is 1. The minimum atomic E-state index is -0.127. The van der Waals surface area contributed by atoms with Gasteiger partial charge in [0.1, 0.15) is 0 Å². The zero-order valence-corrected chi connectivity index (χ0v) is 9.65. The van der Waals surface area contributed by atoms with E-state index in [1.54, 1.807) is 0 Å². The summed E-state index contributed by atoms with van der Waals surface area (Å²) >= 11 is 1.36. The molecule has 0 radical (unpaired) electrons. The van der Waals surface area contributed by atoms with Crippen molar-refractivity contribution in [2.75, 3.05) is 5.73 Å². The molecule has 1 aromatic rings. The number of nitrogen functional groups attached to an aromatic ring is 1. The molecule has 0 unspecified atom stereocenters. The molecular formula is C11H14N2OS. The van der Waals surface area contributed by atoms with E-state index in [1.807, 2.05) is 25.1 Å². The Balaban J connectivity index is 2.72. The highest BCUT2D eigenvalue weighted by atomic mass is 32.2. The van der Waals surface area contributed by atoms with Crippen LogP contribution in [0.3, 0.4) is 0 Å². The lowest BCUT2D eigenvalue weighted by Gasteiger charge is -2.08. The Kier molecular flexibility index (Phi) is 3.80. The third kappa shape index (κ3) is 3.67. The Labute approximate surface area is 93.7 Å². The van der Waals surface area contributed by atoms with E-state index in [4.69, 9.17) is 5.73 Å². The molecule has 80 valence electrons. The van der Waals surface area contributed by atoms with Crippen LogP contribution in [0.2, 0.25) is 0 Å². The van der Waals surface area contributed by atoms with Crippen LogP contribution >= 0.6 is 11.8 Å². The summed E-state index contributed by atoms with van der Waals surface area (Å²) in [5.41, 5.74) is 7.64. The second-order valence-electron chi connectivity index (χ2n) is 3.25. The Morgan fingerprint density at radius 1 is 1.53 bits per heavy atom. The predicted molar refractivity (Wildman–Crippen MR) is 64.4 cm³/mol. The number of nitrogens with one attached hydrogen (secondary N) is 1. The minimum absolute atomic E-state index is 0.127. The molecule has 3 nitrogen and oxygen atoms in total. The number of benzene rings is 1. The number of rotatable bonds is 3. The lowest BCUT2D eigenvalue weighted by Crippen LogP contribution is -2.16. The zero-order valence-electron chi connectivity index (χ0n) is 8.83. The molecule has 0 saturated heterocycles. The van der Waals surface area contributed by atoms with Gasteiger partial charge in [-0.05, 0) is 24.6 Å². The minimum Gasteiger partial charge on any atom is -0.398 e. The fraction of sp³-hybridized carbons (Fsp3) is 0.182. The first-order chi connectivity index (χ1) is 6.99. The molecule has 1 aromatic carbocycles. The van der Waals surface area contributed by atoms with E-state index in [9.17, 15) is 4.79 Å². The number of hydrogen-bond acceptors (Lipinski definition) is 3. The number of amides is 1. The average molecular weight is 222 g/mol. The van der Waals surface area contributed by atoms with E-state index in [0.717, 1.165) is 10.5 Å². The van der Waals surface area contributed by atoms with Gasteiger partial charge in [-0.15, -0.1) is 0 Å². The van der Waals surface area contributed by atoms with Gasteiger partial charge in [0, 0.05) is 17.5 Å². The Bertz CT molecular complexity index is 402. The van der Waals surface area contributed by atoms with E-state index < -0.39 is 0 Å². The number of aryl methyl sites for hydroxylation is 1. The van der Waals surface area contributed by atoms with Crippen molar-refractivity contribution < 1.29 is 4.79 Å². The average Bonchev–Trinajstić information content (AvgIpc) is 2.08. The van der Waals surface area contributed by atoms with Crippen LogP contribution in [-0.4, -0.2) is 5.91 Å². The van der Waals surface area contributed by atoms with Gasteiger partial charge in [-0.3, -0.25) is 4.79 Å². The third-order valence-corrected chi connectivity index (χ3v) is 2.65. The van der Waals surface area contributed by atoms with Gasteiger partial charge in [0.05, 0.1) is 5.03 Å². The molecule has 0 aliphatic rings. The number of carbonyl (C=O) groups excluding carboxylic acids is 1. The monoisotopic (exact) mass is 222 g/mol. The zero-order chi connectivity index (χ0) is 11.4. The van der Waals surface area contributed by atoms with Crippen LogP contribution in [0.15, 0.2) is 34.7 Å². The maximum Gasteiger partial charge on any atom is 0.221 e. The van der Waals surface area contributed by atoms with E-state index in [-0.39, 0.29) is 5.91 Å². The van der Waals surface area contributed by atoms with Crippen LogP contribution in [0.1, 0.15) is 12.5 Å². The van der Waals surface area contributed by atoms with Gasteiger partial charge in [-0.2, -0.15) is 0 Å². The van der Waals surface area contributed by atoms with Crippen molar-refractivity contribution in [3.8, 4) is 0 Å². The molecule has 1 amide bonds. The van der Waals surface area contributed by atoms with Gasteiger partial charge in [0.2, 0.25) is 5.91 Å². The molecule has 0 atom stereocenters. The predicted octanol–water partition coefficient (Wildman–Crippen LogP) is 2.28. The van der Waals surface area contributed by atoms with Crippen molar-refractivity contribution in [1.29, 1.82) is 0 Å². The SMILES string of the molecule is C=C(NC(C)=O)Sc1ccc(C)cc1N. The number of hydrogen-bond donors (Lipinski definition) is 2. The van der Waals surface area contributed by atoms with Gasteiger partial charge < -0.3 is 11.1 Å². The largest absolute Gasteiger partial charge is 0.398 e. The van der Waals surface area contributed by atoms with E-state index >= 15 is 0 Å². The quantitative estimate of drug-likeness (QED) is 0.609. The maximum atomic E-state index is 10.8. The molecule has 0 aliphatic heterocycles. The molecule has 4 heteroatoms. The second kappa shape index (κ2) is 4.89. The van der Waals surface area contributed by atoms with Crippen molar-refractivity contribution in [2.45, 2.75) is 18.7 Å². The smallest absolute Gasteiger partial charge is 0.221 e. The Hall–Kier alpha value is -1.42. The van der Waals surface area contributed by atoms with E-state index in [0.29, 0.717) is 10.7 Å². The van der Waals surface area contributed by atoms with Gasteiger partial charge in [-0.25, -0.2) is 0 Å².